The van der Waals surface area contributed by atoms with Crippen LogP contribution in [0, 0.1) is 0 Å². The Kier molecular flexibility index (Phi) is 2.49. The summed E-state index contributed by atoms with van der Waals surface area (Å²) in [5.74, 6) is -1.97. The molecule has 9 heteroatoms. The number of aromatic amines is 1. The summed E-state index contributed by atoms with van der Waals surface area (Å²) in [6.07, 6.45) is -10.2. The lowest BCUT2D eigenvalue weighted by atomic mass is 10.4. The molecule has 0 aliphatic rings. The number of H-pyrrole nitrogens is 1. The summed E-state index contributed by atoms with van der Waals surface area (Å²) in [4.78, 5) is 13.9. The van der Waals surface area contributed by atoms with Crippen LogP contribution in [0.1, 0.15) is 11.5 Å². The van der Waals surface area contributed by atoms with E-state index in [4.69, 9.17) is 0 Å². The summed E-state index contributed by atoms with van der Waals surface area (Å²) >= 11 is 0. The van der Waals surface area contributed by atoms with Gasteiger partial charge < -0.3 is 4.98 Å². The van der Waals surface area contributed by atoms with Crippen molar-refractivity contribution in [2.24, 2.45) is 0 Å². The molecule has 1 rings (SSSR count). The highest BCUT2D eigenvalue weighted by atomic mass is 19.4. The van der Waals surface area contributed by atoms with Gasteiger partial charge in [-0.25, -0.2) is 4.98 Å². The Hall–Kier alpha value is -1.54. The molecule has 1 N–H and O–H groups in total. The fourth-order valence-corrected chi connectivity index (χ4v) is 0.737. The van der Waals surface area contributed by atoms with Gasteiger partial charge >= 0.3 is 12.4 Å². The number of alkyl halides is 6. The predicted molar refractivity (Wildman–Crippen MR) is 34.9 cm³/mol. The summed E-state index contributed by atoms with van der Waals surface area (Å²) in [6, 6.07) is -0.0464. The molecule has 0 aliphatic heterocycles. The van der Waals surface area contributed by atoms with Gasteiger partial charge in [-0.2, -0.15) is 26.3 Å². The molecule has 15 heavy (non-hydrogen) atoms. The van der Waals surface area contributed by atoms with E-state index >= 15 is 0 Å². The number of hydrogen-bond acceptors (Lipinski definition) is 2. The largest absolute Gasteiger partial charge is 0.449 e. The SMILES string of the molecule is O=c1cc(C(F)(F)F)nc(C(F)(F)F)[nH]1. The van der Waals surface area contributed by atoms with Crippen LogP contribution in [0.25, 0.3) is 0 Å². The molecule has 1 heterocycles. The topological polar surface area (TPSA) is 45.8 Å². The summed E-state index contributed by atoms with van der Waals surface area (Å²) in [6.45, 7) is 0. The summed E-state index contributed by atoms with van der Waals surface area (Å²) in [7, 11) is 0. The van der Waals surface area contributed by atoms with Crippen molar-refractivity contribution in [1.29, 1.82) is 0 Å². The molecule has 0 aromatic carbocycles. The zero-order valence-electron chi connectivity index (χ0n) is 6.70. The lowest BCUT2D eigenvalue weighted by molar-refractivity contribution is -0.152. The van der Waals surface area contributed by atoms with E-state index in [0.29, 0.717) is 0 Å². The van der Waals surface area contributed by atoms with Gasteiger partial charge in [0.2, 0.25) is 5.82 Å². The number of aromatic nitrogens is 2. The third kappa shape index (κ3) is 2.70. The van der Waals surface area contributed by atoms with Crippen LogP contribution in [0.2, 0.25) is 0 Å². The van der Waals surface area contributed by atoms with Crippen molar-refractivity contribution in [2.75, 3.05) is 0 Å². The minimum Gasteiger partial charge on any atom is -0.303 e. The smallest absolute Gasteiger partial charge is 0.303 e. The monoisotopic (exact) mass is 232 g/mol. The molecule has 1 aromatic rings. The molecule has 0 aliphatic carbocycles. The molecular formula is C6H2F6N2O. The van der Waals surface area contributed by atoms with Gasteiger partial charge in [0.05, 0.1) is 0 Å². The van der Waals surface area contributed by atoms with Crippen molar-refractivity contribution in [3.8, 4) is 0 Å². The summed E-state index contributed by atoms with van der Waals surface area (Å²) in [5, 5.41) is 0. The molecule has 0 atom stereocenters. The van der Waals surface area contributed by atoms with Gasteiger partial charge in [-0.05, 0) is 0 Å². The van der Waals surface area contributed by atoms with Gasteiger partial charge in [0.25, 0.3) is 5.56 Å². The molecule has 0 spiro atoms. The molecule has 84 valence electrons. The standard InChI is InChI=1S/C6H2F6N2O/c7-5(8,9)2-1-3(15)14-4(13-2)6(10,11)12/h1H,(H,13,14,15). The molecule has 0 bridgehead atoms. The lowest BCUT2D eigenvalue weighted by Gasteiger charge is -2.08. The van der Waals surface area contributed by atoms with E-state index in [2.05, 4.69) is 4.98 Å². The minimum absolute atomic E-state index is 0.0464. The van der Waals surface area contributed by atoms with Crippen LogP contribution in [0.5, 0.6) is 0 Å². The first-order chi connectivity index (χ1) is 6.60. The third-order valence-corrected chi connectivity index (χ3v) is 1.30. The quantitative estimate of drug-likeness (QED) is 0.693. The number of hydrogen-bond donors (Lipinski definition) is 1. The molecule has 0 radical (unpaired) electrons. The van der Waals surface area contributed by atoms with E-state index in [1.54, 1.807) is 0 Å². The Labute approximate surface area is 77.8 Å². The normalized spacial score (nSPS) is 12.9. The maximum absolute atomic E-state index is 12.0. The molecule has 3 nitrogen and oxygen atoms in total. The predicted octanol–water partition coefficient (Wildman–Crippen LogP) is 1.81. The maximum atomic E-state index is 12.0. The van der Waals surface area contributed by atoms with E-state index in [9.17, 15) is 31.1 Å². The highest BCUT2D eigenvalue weighted by Crippen LogP contribution is 2.30. The zero-order chi connectivity index (χ0) is 11.9. The molecule has 1 aromatic heterocycles. The van der Waals surface area contributed by atoms with Crippen LogP contribution in [0.15, 0.2) is 10.9 Å². The van der Waals surface area contributed by atoms with Crippen LogP contribution in [0.3, 0.4) is 0 Å². The zero-order valence-corrected chi connectivity index (χ0v) is 6.70. The minimum atomic E-state index is -5.12. The molecule has 0 amide bonds. The molecular weight excluding hydrogens is 230 g/mol. The number of rotatable bonds is 0. The number of nitrogens with zero attached hydrogens (tertiary/aromatic N) is 1. The average Bonchev–Trinajstić information content (AvgIpc) is 1.99. The lowest BCUT2D eigenvalue weighted by Crippen LogP contribution is -2.23. The van der Waals surface area contributed by atoms with Crippen LogP contribution < -0.4 is 5.56 Å². The van der Waals surface area contributed by atoms with Crippen LogP contribution in [-0.2, 0) is 12.4 Å². The van der Waals surface area contributed by atoms with Crippen LogP contribution in [-0.4, -0.2) is 9.97 Å². The number of halogens is 6. The van der Waals surface area contributed by atoms with Gasteiger partial charge in [0.1, 0.15) is 0 Å². The van der Waals surface area contributed by atoms with E-state index in [1.165, 1.54) is 4.98 Å². The fraction of sp³-hybridized carbons (Fsp3) is 0.333. The van der Waals surface area contributed by atoms with Gasteiger partial charge in [-0.1, -0.05) is 0 Å². The Morgan fingerprint density at radius 3 is 2.00 bits per heavy atom. The highest BCUT2D eigenvalue weighted by molar-refractivity contribution is 5.07. The van der Waals surface area contributed by atoms with E-state index in [0.717, 1.165) is 0 Å². The number of nitrogens with one attached hydrogen (secondary N) is 1. The van der Waals surface area contributed by atoms with E-state index in [-0.39, 0.29) is 6.07 Å². The fourth-order valence-electron chi connectivity index (χ4n) is 0.737. The van der Waals surface area contributed by atoms with Crippen molar-refractivity contribution in [3.63, 3.8) is 0 Å². The molecule has 0 fully saturated rings. The average molecular weight is 232 g/mol. The van der Waals surface area contributed by atoms with Gasteiger partial charge in [-0.15, -0.1) is 0 Å². The first-order valence-corrected chi connectivity index (χ1v) is 3.36. The van der Waals surface area contributed by atoms with Crippen molar-refractivity contribution >= 4 is 0 Å². The first-order valence-electron chi connectivity index (χ1n) is 3.36. The second-order valence-corrected chi connectivity index (χ2v) is 2.47. The maximum Gasteiger partial charge on any atom is 0.449 e. The Morgan fingerprint density at radius 1 is 1.07 bits per heavy atom. The van der Waals surface area contributed by atoms with Crippen LogP contribution >= 0.6 is 0 Å². The second kappa shape index (κ2) is 3.24. The second-order valence-electron chi connectivity index (χ2n) is 2.47. The molecule has 0 unspecified atom stereocenters. The van der Waals surface area contributed by atoms with Crippen molar-refractivity contribution < 1.29 is 26.3 Å². The van der Waals surface area contributed by atoms with Gasteiger partial charge in [-0.3, -0.25) is 4.79 Å². The van der Waals surface area contributed by atoms with E-state index in [1.807, 2.05) is 0 Å². The third-order valence-electron chi connectivity index (χ3n) is 1.30. The molecule has 0 saturated heterocycles. The summed E-state index contributed by atoms with van der Waals surface area (Å²) < 4.78 is 71.7. The van der Waals surface area contributed by atoms with Crippen molar-refractivity contribution in [1.82, 2.24) is 9.97 Å². The highest BCUT2D eigenvalue weighted by Gasteiger charge is 2.39. The first kappa shape index (κ1) is 11.5. The molecule has 0 saturated carbocycles. The Morgan fingerprint density at radius 2 is 1.60 bits per heavy atom. The summed E-state index contributed by atoms with van der Waals surface area (Å²) in [5.41, 5.74) is -3.39. The van der Waals surface area contributed by atoms with Crippen LogP contribution in [0.4, 0.5) is 26.3 Å². The van der Waals surface area contributed by atoms with Gasteiger partial charge in [0.15, 0.2) is 5.69 Å². The van der Waals surface area contributed by atoms with Gasteiger partial charge in [0, 0.05) is 6.07 Å². The van der Waals surface area contributed by atoms with Crippen molar-refractivity contribution in [3.05, 3.63) is 27.9 Å². The Balaban J connectivity index is 3.36. The van der Waals surface area contributed by atoms with E-state index < -0.39 is 29.4 Å². The van der Waals surface area contributed by atoms with Crippen molar-refractivity contribution in [2.45, 2.75) is 12.4 Å². The Bertz CT molecular complexity index is 382.